The third-order valence-electron chi connectivity index (χ3n) is 3.40. The van der Waals surface area contributed by atoms with E-state index in [-0.39, 0.29) is 11.5 Å². The Balaban J connectivity index is 0.000000701. The van der Waals surface area contributed by atoms with E-state index in [0.29, 0.717) is 22.6 Å². The Morgan fingerprint density at radius 2 is 2.12 bits per heavy atom. The van der Waals surface area contributed by atoms with E-state index < -0.39 is 5.82 Å². The molecule has 1 aromatic carbocycles. The number of anilines is 1. The van der Waals surface area contributed by atoms with Gasteiger partial charge in [0.05, 0.1) is 6.20 Å². The van der Waals surface area contributed by atoms with Gasteiger partial charge >= 0.3 is 0 Å². The molecule has 0 saturated heterocycles. The first-order valence-corrected chi connectivity index (χ1v) is 7.36. The van der Waals surface area contributed by atoms with Crippen LogP contribution in [-0.2, 0) is 0 Å². The van der Waals surface area contributed by atoms with Crippen molar-refractivity contribution < 1.29 is 14.4 Å². The molecule has 0 atom stereocenters. The van der Waals surface area contributed by atoms with Gasteiger partial charge in [-0.1, -0.05) is 6.07 Å². The summed E-state index contributed by atoms with van der Waals surface area (Å²) in [6.45, 7) is 1.70. The summed E-state index contributed by atoms with van der Waals surface area (Å²) in [7, 11) is 1.43. The number of pyridine rings is 1. The van der Waals surface area contributed by atoms with Gasteiger partial charge in [-0.25, -0.2) is 14.9 Å². The number of fused-ring (bicyclic) bond motifs is 1. The van der Waals surface area contributed by atoms with Gasteiger partial charge in [0.25, 0.3) is 5.91 Å². The lowest BCUT2D eigenvalue weighted by Gasteiger charge is -2.10. The fourth-order valence-corrected chi connectivity index (χ4v) is 2.22. The molecule has 0 saturated carbocycles. The summed E-state index contributed by atoms with van der Waals surface area (Å²) < 4.78 is 15.2. The van der Waals surface area contributed by atoms with Crippen LogP contribution in [0.4, 0.5) is 10.1 Å². The van der Waals surface area contributed by atoms with E-state index in [1.807, 2.05) is 12.1 Å². The summed E-state index contributed by atoms with van der Waals surface area (Å²) in [5, 5.41) is 17.2. The van der Waals surface area contributed by atoms with Crippen molar-refractivity contribution in [3.63, 3.8) is 0 Å². The van der Waals surface area contributed by atoms with Gasteiger partial charge in [0.15, 0.2) is 0 Å². The number of carbonyl (C=O) groups is 1. The van der Waals surface area contributed by atoms with Gasteiger partial charge in [-0.05, 0) is 36.8 Å². The number of aryl methyl sites for hydroxylation is 1. The standard InChI is InChI=1S/C16H13FN4O.CH5NO/c1-10-6-12(17)11(8-18)7-13(10)20-16(22)14-9-19-15-4-2-3-5-21(14)15;1-2-3/h2-9,18H,1H3,(H,20,22);2-3H,1H3. The topological polar surface area (TPSA) is 103 Å². The molecule has 0 aliphatic heterocycles. The Labute approximate surface area is 143 Å². The summed E-state index contributed by atoms with van der Waals surface area (Å²) >= 11 is 0. The second-order valence-corrected chi connectivity index (χ2v) is 5.08. The fourth-order valence-electron chi connectivity index (χ4n) is 2.22. The number of amides is 1. The third-order valence-corrected chi connectivity index (χ3v) is 3.40. The van der Waals surface area contributed by atoms with Crippen molar-refractivity contribution in [1.82, 2.24) is 14.9 Å². The lowest BCUT2D eigenvalue weighted by atomic mass is 10.1. The van der Waals surface area contributed by atoms with Crippen LogP contribution in [0.5, 0.6) is 0 Å². The van der Waals surface area contributed by atoms with E-state index >= 15 is 0 Å². The molecule has 8 heteroatoms. The van der Waals surface area contributed by atoms with E-state index in [0.717, 1.165) is 6.21 Å². The van der Waals surface area contributed by atoms with Crippen LogP contribution in [0.15, 0.2) is 42.7 Å². The number of nitrogens with one attached hydrogen (secondary N) is 3. The molecule has 0 spiro atoms. The molecule has 25 heavy (non-hydrogen) atoms. The van der Waals surface area contributed by atoms with Crippen LogP contribution in [0, 0.1) is 18.2 Å². The van der Waals surface area contributed by atoms with E-state index in [2.05, 4.69) is 10.3 Å². The number of hydrogen-bond acceptors (Lipinski definition) is 5. The Morgan fingerprint density at radius 3 is 2.80 bits per heavy atom. The largest absolute Gasteiger partial charge is 0.320 e. The summed E-state index contributed by atoms with van der Waals surface area (Å²) in [4.78, 5) is 16.6. The van der Waals surface area contributed by atoms with E-state index in [1.165, 1.54) is 25.4 Å². The molecular formula is C17H18FN5O2. The lowest BCUT2D eigenvalue weighted by molar-refractivity contribution is 0.102. The molecule has 7 nitrogen and oxygen atoms in total. The third kappa shape index (κ3) is 4.06. The predicted octanol–water partition coefficient (Wildman–Crippen LogP) is 2.63. The molecule has 130 valence electrons. The molecule has 3 rings (SSSR count). The molecule has 2 aromatic heterocycles. The van der Waals surface area contributed by atoms with Gasteiger partial charge in [0.2, 0.25) is 0 Å². The second-order valence-electron chi connectivity index (χ2n) is 5.08. The highest BCUT2D eigenvalue weighted by atomic mass is 19.1. The Hall–Kier alpha value is -3.10. The SMILES string of the molecule is CNO.Cc1cc(F)c(C=N)cc1NC(=O)c1cnc2ccccn12. The number of hydroxylamine groups is 1. The highest BCUT2D eigenvalue weighted by Gasteiger charge is 2.14. The summed E-state index contributed by atoms with van der Waals surface area (Å²) in [5.41, 5.74) is 3.99. The molecule has 0 bridgehead atoms. The number of rotatable bonds is 3. The number of nitrogens with zero attached hydrogens (tertiary/aromatic N) is 2. The number of imidazole rings is 1. The van der Waals surface area contributed by atoms with Gasteiger partial charge in [0, 0.05) is 30.7 Å². The minimum absolute atomic E-state index is 0.124. The molecule has 0 radical (unpaired) electrons. The Bertz CT molecular complexity index is 907. The smallest absolute Gasteiger partial charge is 0.274 e. The molecule has 3 aromatic rings. The first-order valence-electron chi connectivity index (χ1n) is 7.36. The average molecular weight is 343 g/mol. The van der Waals surface area contributed by atoms with Crippen LogP contribution < -0.4 is 10.8 Å². The maximum Gasteiger partial charge on any atom is 0.274 e. The maximum atomic E-state index is 13.6. The van der Waals surface area contributed by atoms with Crippen LogP contribution >= 0.6 is 0 Å². The van der Waals surface area contributed by atoms with Crippen molar-refractivity contribution in [2.24, 2.45) is 0 Å². The number of aromatic nitrogens is 2. The van der Waals surface area contributed by atoms with Crippen LogP contribution in [0.2, 0.25) is 0 Å². The minimum atomic E-state index is -0.486. The number of benzene rings is 1. The zero-order chi connectivity index (χ0) is 18.4. The normalized spacial score (nSPS) is 10.1. The van der Waals surface area contributed by atoms with Gasteiger partial charge in [-0.15, -0.1) is 0 Å². The molecular weight excluding hydrogens is 325 g/mol. The van der Waals surface area contributed by atoms with Crippen molar-refractivity contribution in [2.75, 3.05) is 12.4 Å². The fraction of sp³-hybridized carbons (Fsp3) is 0.118. The summed E-state index contributed by atoms with van der Waals surface area (Å²) in [6.07, 6.45) is 4.15. The molecule has 0 fully saturated rings. The van der Waals surface area contributed by atoms with E-state index in [4.69, 9.17) is 10.6 Å². The van der Waals surface area contributed by atoms with Crippen molar-refractivity contribution >= 4 is 23.5 Å². The van der Waals surface area contributed by atoms with Crippen LogP contribution in [0.25, 0.3) is 5.65 Å². The highest BCUT2D eigenvalue weighted by Crippen LogP contribution is 2.20. The second kappa shape index (κ2) is 8.13. The van der Waals surface area contributed by atoms with E-state index in [1.54, 1.807) is 29.1 Å². The highest BCUT2D eigenvalue weighted by molar-refractivity contribution is 6.04. The summed E-state index contributed by atoms with van der Waals surface area (Å²) in [6, 6.07) is 8.18. The van der Waals surface area contributed by atoms with Crippen molar-refractivity contribution in [2.45, 2.75) is 6.92 Å². The number of hydrogen-bond donors (Lipinski definition) is 4. The monoisotopic (exact) mass is 343 g/mol. The quantitative estimate of drug-likeness (QED) is 0.434. The van der Waals surface area contributed by atoms with Gasteiger partial charge in [0.1, 0.15) is 17.2 Å². The molecule has 0 aliphatic rings. The predicted molar refractivity (Wildman–Crippen MR) is 93.0 cm³/mol. The first-order chi connectivity index (χ1) is 12.0. The zero-order valence-corrected chi connectivity index (χ0v) is 13.7. The number of halogens is 1. The van der Waals surface area contributed by atoms with Gasteiger partial charge < -0.3 is 15.9 Å². The van der Waals surface area contributed by atoms with Crippen LogP contribution in [0.3, 0.4) is 0 Å². The zero-order valence-electron chi connectivity index (χ0n) is 13.7. The van der Waals surface area contributed by atoms with Crippen LogP contribution in [-0.4, -0.2) is 33.8 Å². The molecule has 0 unspecified atom stereocenters. The van der Waals surface area contributed by atoms with Crippen molar-refractivity contribution in [1.29, 1.82) is 5.41 Å². The number of carbonyl (C=O) groups excluding carboxylic acids is 1. The first kappa shape index (κ1) is 18.2. The van der Waals surface area contributed by atoms with E-state index in [9.17, 15) is 9.18 Å². The molecule has 1 amide bonds. The maximum absolute atomic E-state index is 13.6. The molecule has 0 aliphatic carbocycles. The average Bonchev–Trinajstić information content (AvgIpc) is 3.02. The Morgan fingerprint density at radius 1 is 1.40 bits per heavy atom. The molecule has 4 N–H and O–H groups in total. The molecule has 2 heterocycles. The lowest BCUT2D eigenvalue weighted by Crippen LogP contribution is -2.15. The Kier molecular flexibility index (Phi) is 5.93. The van der Waals surface area contributed by atoms with Gasteiger partial charge in [-0.2, -0.15) is 0 Å². The van der Waals surface area contributed by atoms with Crippen molar-refractivity contribution in [3.8, 4) is 0 Å². The van der Waals surface area contributed by atoms with Crippen LogP contribution in [0.1, 0.15) is 21.6 Å². The summed E-state index contributed by atoms with van der Waals surface area (Å²) in [5.74, 6) is -0.829. The van der Waals surface area contributed by atoms with Crippen molar-refractivity contribution in [3.05, 3.63) is 65.4 Å². The van der Waals surface area contributed by atoms with Gasteiger partial charge in [-0.3, -0.25) is 9.20 Å². The minimum Gasteiger partial charge on any atom is -0.320 e.